The first-order chi connectivity index (χ1) is 9.62. The zero-order chi connectivity index (χ0) is 14.4. The lowest BCUT2D eigenvalue weighted by molar-refractivity contribution is 0.0774. The molecule has 7 heteroatoms. The summed E-state index contributed by atoms with van der Waals surface area (Å²) in [6.07, 6.45) is 2.82. The number of thiophene rings is 1. The topological polar surface area (TPSA) is 67.4 Å². The Morgan fingerprint density at radius 1 is 1.50 bits per heavy atom. The van der Waals surface area contributed by atoms with Gasteiger partial charge in [0.05, 0.1) is 6.61 Å². The number of nitrogens with one attached hydrogen (secondary N) is 2. The van der Waals surface area contributed by atoms with Crippen LogP contribution in [0.15, 0.2) is 15.7 Å². The summed E-state index contributed by atoms with van der Waals surface area (Å²) >= 11 is 1.27. The van der Waals surface area contributed by atoms with Gasteiger partial charge in [-0.15, -0.1) is 11.3 Å². The van der Waals surface area contributed by atoms with Crippen LogP contribution in [0.5, 0.6) is 0 Å². The second-order valence-electron chi connectivity index (χ2n) is 4.99. The molecule has 0 aliphatic carbocycles. The standard InChI is InChI=1S/C13H22N2O3S2/c1-2-5-14-8-11-7-13(19-10-11)20(16,17)15-12-4-3-6-18-9-12/h7,10,12,14-15H,2-6,8-9H2,1H3. The molecule has 2 heterocycles. The van der Waals surface area contributed by atoms with Crippen molar-refractivity contribution < 1.29 is 13.2 Å². The van der Waals surface area contributed by atoms with E-state index in [1.54, 1.807) is 6.07 Å². The minimum absolute atomic E-state index is 0.0995. The molecule has 2 rings (SSSR count). The Morgan fingerprint density at radius 2 is 2.35 bits per heavy atom. The predicted octanol–water partition coefficient (Wildman–Crippen LogP) is 1.71. The molecule has 1 unspecified atom stereocenters. The van der Waals surface area contributed by atoms with Crippen LogP contribution < -0.4 is 10.0 Å². The molecule has 2 N–H and O–H groups in total. The molecular formula is C13H22N2O3S2. The highest BCUT2D eigenvalue weighted by Crippen LogP contribution is 2.21. The highest BCUT2D eigenvalue weighted by molar-refractivity contribution is 7.91. The van der Waals surface area contributed by atoms with Crippen LogP contribution in [0.4, 0.5) is 0 Å². The molecule has 1 aliphatic heterocycles. The Labute approximate surface area is 124 Å². The quantitative estimate of drug-likeness (QED) is 0.751. The van der Waals surface area contributed by atoms with Gasteiger partial charge < -0.3 is 10.1 Å². The van der Waals surface area contributed by atoms with Crippen LogP contribution in [0.1, 0.15) is 31.7 Å². The van der Waals surface area contributed by atoms with Crippen molar-refractivity contribution in [3.05, 3.63) is 17.0 Å². The molecule has 1 aromatic heterocycles. The fourth-order valence-corrected chi connectivity index (χ4v) is 4.59. The van der Waals surface area contributed by atoms with E-state index in [1.807, 2.05) is 5.38 Å². The largest absolute Gasteiger partial charge is 0.380 e. The lowest BCUT2D eigenvalue weighted by Crippen LogP contribution is -2.40. The van der Waals surface area contributed by atoms with Gasteiger partial charge in [-0.2, -0.15) is 0 Å². The van der Waals surface area contributed by atoms with Gasteiger partial charge in [0.2, 0.25) is 10.0 Å². The average Bonchev–Trinajstić information content (AvgIpc) is 2.89. The summed E-state index contributed by atoms with van der Waals surface area (Å²) in [6, 6.07) is 1.65. The van der Waals surface area contributed by atoms with Gasteiger partial charge in [-0.25, -0.2) is 13.1 Å². The molecule has 1 fully saturated rings. The van der Waals surface area contributed by atoms with Gasteiger partial charge >= 0.3 is 0 Å². The molecule has 1 aromatic rings. The van der Waals surface area contributed by atoms with Gasteiger partial charge in [0.1, 0.15) is 4.21 Å². The van der Waals surface area contributed by atoms with E-state index >= 15 is 0 Å². The number of sulfonamides is 1. The van der Waals surface area contributed by atoms with Crippen LogP contribution in [0.25, 0.3) is 0 Å². The molecule has 1 atom stereocenters. The van der Waals surface area contributed by atoms with Crippen LogP contribution in [-0.4, -0.2) is 34.2 Å². The van der Waals surface area contributed by atoms with E-state index in [9.17, 15) is 8.42 Å². The summed E-state index contributed by atoms with van der Waals surface area (Å²) in [5.74, 6) is 0. The van der Waals surface area contributed by atoms with Gasteiger partial charge in [-0.3, -0.25) is 0 Å². The number of ether oxygens (including phenoxy) is 1. The second-order valence-corrected chi connectivity index (χ2v) is 7.84. The average molecular weight is 318 g/mol. The maximum atomic E-state index is 12.3. The fourth-order valence-electron chi connectivity index (χ4n) is 2.11. The van der Waals surface area contributed by atoms with Gasteiger partial charge in [0, 0.05) is 19.2 Å². The van der Waals surface area contributed by atoms with E-state index in [0.29, 0.717) is 17.4 Å². The Morgan fingerprint density at radius 3 is 3.05 bits per heavy atom. The molecular weight excluding hydrogens is 296 g/mol. The van der Waals surface area contributed by atoms with Crippen molar-refractivity contribution in [3.8, 4) is 0 Å². The molecule has 1 aliphatic rings. The Balaban J connectivity index is 1.94. The Kier molecular flexibility index (Phi) is 5.98. The zero-order valence-corrected chi connectivity index (χ0v) is 13.4. The fraction of sp³-hybridized carbons (Fsp3) is 0.692. The zero-order valence-electron chi connectivity index (χ0n) is 11.7. The molecule has 114 valence electrons. The predicted molar refractivity (Wildman–Crippen MR) is 80.5 cm³/mol. The van der Waals surface area contributed by atoms with Crippen LogP contribution in [0.3, 0.4) is 0 Å². The molecule has 5 nitrogen and oxygen atoms in total. The van der Waals surface area contributed by atoms with Crippen LogP contribution in [0.2, 0.25) is 0 Å². The monoisotopic (exact) mass is 318 g/mol. The molecule has 0 amide bonds. The third kappa shape index (κ3) is 4.53. The van der Waals surface area contributed by atoms with Crippen molar-refractivity contribution in [2.75, 3.05) is 19.8 Å². The summed E-state index contributed by atoms with van der Waals surface area (Å²) in [5, 5.41) is 5.17. The summed E-state index contributed by atoms with van der Waals surface area (Å²) in [4.78, 5) is 0. The maximum absolute atomic E-state index is 12.3. The van der Waals surface area contributed by atoms with Crippen molar-refractivity contribution in [3.63, 3.8) is 0 Å². The molecule has 20 heavy (non-hydrogen) atoms. The van der Waals surface area contributed by atoms with Crippen molar-refractivity contribution >= 4 is 21.4 Å². The van der Waals surface area contributed by atoms with Crippen molar-refractivity contribution in [2.24, 2.45) is 0 Å². The summed E-state index contributed by atoms with van der Waals surface area (Å²) in [5.41, 5.74) is 1.02. The minimum atomic E-state index is -3.41. The van der Waals surface area contributed by atoms with Gasteiger partial charge in [-0.1, -0.05) is 6.92 Å². The van der Waals surface area contributed by atoms with E-state index in [2.05, 4.69) is 17.0 Å². The van der Waals surface area contributed by atoms with Crippen molar-refractivity contribution in [1.82, 2.24) is 10.0 Å². The molecule has 0 spiro atoms. The lowest BCUT2D eigenvalue weighted by atomic mass is 10.1. The first-order valence-electron chi connectivity index (χ1n) is 7.00. The first-order valence-corrected chi connectivity index (χ1v) is 9.36. The normalized spacial score (nSPS) is 20.1. The number of hydrogen-bond donors (Lipinski definition) is 2. The van der Waals surface area contributed by atoms with Gasteiger partial charge in [-0.05, 0) is 42.8 Å². The van der Waals surface area contributed by atoms with Crippen molar-refractivity contribution in [2.45, 2.75) is 43.0 Å². The molecule has 1 saturated heterocycles. The molecule has 0 bridgehead atoms. The van der Waals surface area contributed by atoms with Crippen LogP contribution >= 0.6 is 11.3 Å². The van der Waals surface area contributed by atoms with E-state index in [4.69, 9.17) is 4.74 Å². The second kappa shape index (κ2) is 7.51. The van der Waals surface area contributed by atoms with E-state index in [-0.39, 0.29) is 6.04 Å². The van der Waals surface area contributed by atoms with Crippen LogP contribution in [-0.2, 0) is 21.3 Å². The van der Waals surface area contributed by atoms with Crippen LogP contribution in [0, 0.1) is 0 Å². The molecule has 0 aromatic carbocycles. The smallest absolute Gasteiger partial charge is 0.250 e. The maximum Gasteiger partial charge on any atom is 0.250 e. The van der Waals surface area contributed by atoms with E-state index < -0.39 is 10.0 Å². The van der Waals surface area contributed by atoms with E-state index in [1.165, 1.54) is 11.3 Å². The number of hydrogen-bond acceptors (Lipinski definition) is 5. The third-order valence-electron chi connectivity index (χ3n) is 3.13. The summed E-state index contributed by atoms with van der Waals surface area (Å²) in [7, 11) is -3.41. The first kappa shape index (κ1) is 15.9. The molecule has 0 radical (unpaired) electrons. The lowest BCUT2D eigenvalue weighted by Gasteiger charge is -2.22. The van der Waals surface area contributed by atoms with E-state index in [0.717, 1.165) is 38.0 Å². The highest BCUT2D eigenvalue weighted by Gasteiger charge is 2.23. The molecule has 0 saturated carbocycles. The van der Waals surface area contributed by atoms with Gasteiger partial charge in [0.15, 0.2) is 0 Å². The summed E-state index contributed by atoms with van der Waals surface area (Å²) in [6.45, 7) is 4.95. The number of rotatable bonds is 7. The Hall–Kier alpha value is -0.470. The SMILES string of the molecule is CCCNCc1csc(S(=O)(=O)NC2CCCOC2)c1. The van der Waals surface area contributed by atoms with Gasteiger partial charge in [0.25, 0.3) is 0 Å². The minimum Gasteiger partial charge on any atom is -0.380 e. The highest BCUT2D eigenvalue weighted by atomic mass is 32.2. The van der Waals surface area contributed by atoms with Crippen molar-refractivity contribution in [1.29, 1.82) is 0 Å². The summed E-state index contributed by atoms with van der Waals surface area (Å²) < 4.78 is 32.9. The Bertz CT molecular complexity index is 507. The third-order valence-corrected chi connectivity index (χ3v) is 6.14.